The molecule has 1 rings (SSSR count). The number of hydrogen-bond acceptors (Lipinski definition) is 2. The quantitative estimate of drug-likeness (QED) is 0.852. The third kappa shape index (κ3) is 3.27. The summed E-state index contributed by atoms with van der Waals surface area (Å²) < 4.78 is 0. The Labute approximate surface area is 117 Å². The van der Waals surface area contributed by atoms with E-state index < -0.39 is 0 Å². The van der Waals surface area contributed by atoms with Crippen LogP contribution in [0.5, 0.6) is 0 Å². The Morgan fingerprint density at radius 3 is 2.18 bits per heavy atom. The molecule has 0 spiro atoms. The molecule has 1 aromatic rings. The number of nitrogens with zero attached hydrogens (tertiary/aromatic N) is 1. The Bertz CT molecular complexity index is 396. The molecule has 5 heteroatoms. The Kier molecular flexibility index (Phi) is 5.55. The van der Waals surface area contributed by atoms with E-state index in [0.29, 0.717) is 15.1 Å². The highest BCUT2D eigenvalue weighted by molar-refractivity contribution is 6.44. The van der Waals surface area contributed by atoms with Gasteiger partial charge in [-0.15, -0.1) is 0 Å². The van der Waals surface area contributed by atoms with Crippen LogP contribution in [0.15, 0.2) is 12.1 Å². The van der Waals surface area contributed by atoms with Gasteiger partial charge in [-0.25, -0.2) is 0 Å². The van der Waals surface area contributed by atoms with Gasteiger partial charge in [0.05, 0.1) is 10.0 Å². The van der Waals surface area contributed by atoms with Crippen LogP contribution in [-0.2, 0) is 0 Å². The van der Waals surface area contributed by atoms with Gasteiger partial charge in [0.1, 0.15) is 0 Å². The molecule has 2 unspecified atom stereocenters. The molecule has 2 atom stereocenters. The van der Waals surface area contributed by atoms with E-state index >= 15 is 0 Å². The fraction of sp³-hybridized carbons (Fsp3) is 0.500. The van der Waals surface area contributed by atoms with Crippen LogP contribution >= 0.6 is 34.8 Å². The van der Waals surface area contributed by atoms with Crippen molar-refractivity contribution in [2.75, 3.05) is 20.7 Å². The fourth-order valence-electron chi connectivity index (χ4n) is 1.97. The van der Waals surface area contributed by atoms with Gasteiger partial charge in [0.15, 0.2) is 0 Å². The second kappa shape index (κ2) is 6.26. The monoisotopic (exact) mass is 295 g/mol. The maximum Gasteiger partial charge on any atom is 0.0655 e. The van der Waals surface area contributed by atoms with Gasteiger partial charge < -0.3 is 10.0 Å². The van der Waals surface area contributed by atoms with E-state index in [9.17, 15) is 5.11 Å². The van der Waals surface area contributed by atoms with Crippen molar-refractivity contribution >= 4 is 34.8 Å². The van der Waals surface area contributed by atoms with Crippen LogP contribution in [0.1, 0.15) is 18.5 Å². The molecule has 1 N–H and O–H groups in total. The van der Waals surface area contributed by atoms with E-state index in [1.807, 2.05) is 25.9 Å². The SMILES string of the molecule is CC(CO)C(c1c(Cl)ccc(Cl)c1Cl)N(C)C. The van der Waals surface area contributed by atoms with Crippen molar-refractivity contribution in [3.05, 3.63) is 32.8 Å². The topological polar surface area (TPSA) is 23.5 Å². The lowest BCUT2D eigenvalue weighted by atomic mass is 9.94. The molecule has 0 aliphatic heterocycles. The molecule has 0 bridgehead atoms. The zero-order valence-electron chi connectivity index (χ0n) is 10.0. The lowest BCUT2D eigenvalue weighted by molar-refractivity contribution is 0.146. The molecule has 1 aromatic carbocycles. The minimum absolute atomic E-state index is 0.0125. The number of aliphatic hydroxyl groups is 1. The zero-order valence-corrected chi connectivity index (χ0v) is 12.3. The molecule has 0 fully saturated rings. The molecule has 0 saturated heterocycles. The van der Waals surface area contributed by atoms with Crippen LogP contribution in [0.2, 0.25) is 15.1 Å². The van der Waals surface area contributed by atoms with Crippen molar-refractivity contribution in [1.29, 1.82) is 0 Å². The third-order valence-electron chi connectivity index (χ3n) is 2.76. The Hall–Kier alpha value is 0.01000. The average Bonchev–Trinajstić information content (AvgIpc) is 2.28. The van der Waals surface area contributed by atoms with Gasteiger partial charge in [-0.05, 0) is 32.1 Å². The summed E-state index contributed by atoms with van der Waals surface area (Å²) >= 11 is 18.4. The van der Waals surface area contributed by atoms with E-state index in [-0.39, 0.29) is 18.6 Å². The van der Waals surface area contributed by atoms with Crippen molar-refractivity contribution in [2.45, 2.75) is 13.0 Å². The van der Waals surface area contributed by atoms with Crippen LogP contribution in [0.3, 0.4) is 0 Å². The maximum absolute atomic E-state index is 9.32. The first-order valence-corrected chi connectivity index (χ1v) is 6.44. The van der Waals surface area contributed by atoms with Gasteiger partial charge >= 0.3 is 0 Å². The number of hydrogen-bond donors (Lipinski definition) is 1. The first-order valence-electron chi connectivity index (χ1n) is 5.30. The predicted molar refractivity (Wildman–Crippen MR) is 74.1 cm³/mol. The van der Waals surface area contributed by atoms with Gasteiger partial charge in [0.25, 0.3) is 0 Å². The van der Waals surface area contributed by atoms with E-state index in [2.05, 4.69) is 0 Å². The second-order valence-corrected chi connectivity index (χ2v) is 5.52. The lowest BCUT2D eigenvalue weighted by Crippen LogP contribution is -2.28. The van der Waals surface area contributed by atoms with Crippen LogP contribution in [0.4, 0.5) is 0 Å². The molecule has 0 amide bonds. The molecule has 0 saturated carbocycles. The first kappa shape index (κ1) is 15.1. The van der Waals surface area contributed by atoms with Gasteiger partial charge in [0.2, 0.25) is 0 Å². The number of rotatable bonds is 4. The predicted octanol–water partition coefficient (Wildman–Crippen LogP) is 3.88. The van der Waals surface area contributed by atoms with E-state index in [1.54, 1.807) is 12.1 Å². The summed E-state index contributed by atoms with van der Waals surface area (Å²) in [5, 5.41) is 10.8. The highest BCUT2D eigenvalue weighted by atomic mass is 35.5. The van der Waals surface area contributed by atoms with Crippen molar-refractivity contribution in [1.82, 2.24) is 4.90 Å². The summed E-state index contributed by atoms with van der Waals surface area (Å²) in [6.45, 7) is 2.00. The van der Waals surface area contributed by atoms with Gasteiger partial charge in [-0.3, -0.25) is 0 Å². The largest absolute Gasteiger partial charge is 0.396 e. The Morgan fingerprint density at radius 2 is 1.71 bits per heavy atom. The van der Waals surface area contributed by atoms with E-state index in [0.717, 1.165) is 5.56 Å². The van der Waals surface area contributed by atoms with Crippen molar-refractivity contribution in [3.8, 4) is 0 Å². The summed E-state index contributed by atoms with van der Waals surface area (Å²) in [4.78, 5) is 1.98. The van der Waals surface area contributed by atoms with Crippen LogP contribution in [-0.4, -0.2) is 30.7 Å². The smallest absolute Gasteiger partial charge is 0.0655 e. The fourth-order valence-corrected chi connectivity index (χ4v) is 2.72. The van der Waals surface area contributed by atoms with Crippen molar-refractivity contribution in [3.63, 3.8) is 0 Å². The molecule has 0 aliphatic rings. The maximum atomic E-state index is 9.32. The highest BCUT2D eigenvalue weighted by Crippen LogP contribution is 2.40. The zero-order chi connectivity index (χ0) is 13.2. The van der Waals surface area contributed by atoms with Gasteiger partial charge in [-0.2, -0.15) is 0 Å². The molecule has 0 aromatic heterocycles. The molecular weight excluding hydrogens is 280 g/mol. The van der Waals surface area contributed by atoms with E-state index in [1.165, 1.54) is 0 Å². The second-order valence-electron chi connectivity index (χ2n) is 4.33. The molecule has 0 radical (unpaired) electrons. The molecule has 96 valence electrons. The Balaban J connectivity index is 3.32. The normalized spacial score (nSPS) is 15.1. The summed E-state index contributed by atoms with van der Waals surface area (Å²) in [6, 6.07) is 3.33. The highest BCUT2D eigenvalue weighted by Gasteiger charge is 2.26. The van der Waals surface area contributed by atoms with Crippen LogP contribution < -0.4 is 0 Å². The molecule has 2 nitrogen and oxygen atoms in total. The first-order chi connectivity index (χ1) is 7.90. The van der Waals surface area contributed by atoms with Crippen LogP contribution in [0, 0.1) is 5.92 Å². The summed E-state index contributed by atoms with van der Waals surface area (Å²) in [5.41, 5.74) is 0.771. The molecule has 0 aliphatic carbocycles. The van der Waals surface area contributed by atoms with Gasteiger partial charge in [0, 0.05) is 23.2 Å². The minimum Gasteiger partial charge on any atom is -0.396 e. The average molecular weight is 297 g/mol. The lowest BCUT2D eigenvalue weighted by Gasteiger charge is -2.31. The van der Waals surface area contributed by atoms with Crippen molar-refractivity contribution < 1.29 is 5.11 Å². The van der Waals surface area contributed by atoms with Gasteiger partial charge in [-0.1, -0.05) is 41.7 Å². The standard InChI is InChI=1S/C12H16Cl3NO/c1-7(6-17)12(16(2)3)10-8(13)4-5-9(14)11(10)15/h4-5,7,12,17H,6H2,1-3H3. The number of benzene rings is 1. The molecular formula is C12H16Cl3NO. The number of aliphatic hydroxyl groups excluding tert-OH is 1. The molecule has 0 heterocycles. The number of halogens is 3. The van der Waals surface area contributed by atoms with Crippen molar-refractivity contribution in [2.24, 2.45) is 5.92 Å². The summed E-state index contributed by atoms with van der Waals surface area (Å²) in [7, 11) is 3.84. The third-order valence-corrected chi connectivity index (χ3v) is 3.91. The van der Waals surface area contributed by atoms with Crippen LogP contribution in [0.25, 0.3) is 0 Å². The Morgan fingerprint density at radius 1 is 1.18 bits per heavy atom. The van der Waals surface area contributed by atoms with E-state index in [4.69, 9.17) is 34.8 Å². The summed E-state index contributed by atoms with van der Waals surface area (Å²) in [5.74, 6) is 0.0125. The molecule has 17 heavy (non-hydrogen) atoms. The minimum atomic E-state index is -0.0706. The summed E-state index contributed by atoms with van der Waals surface area (Å²) in [6.07, 6.45) is 0.